The molecule has 0 saturated heterocycles. The molecule has 46 heavy (non-hydrogen) atoms. The summed E-state index contributed by atoms with van der Waals surface area (Å²) in [5, 5.41) is 2.93. The van der Waals surface area contributed by atoms with Gasteiger partial charge in [-0.3, -0.25) is 13.9 Å². The zero-order chi connectivity index (χ0) is 33.4. The molecule has 242 valence electrons. The van der Waals surface area contributed by atoms with Crippen molar-refractivity contribution in [2.24, 2.45) is 0 Å². The number of rotatable bonds is 13. The molecule has 0 radical (unpaired) electrons. The predicted octanol–water partition coefficient (Wildman–Crippen LogP) is 6.62. The highest BCUT2D eigenvalue weighted by atomic mass is 32.2. The summed E-state index contributed by atoms with van der Waals surface area (Å²) < 4.78 is 43.3. The van der Waals surface area contributed by atoms with Gasteiger partial charge in [-0.25, -0.2) is 12.8 Å². The van der Waals surface area contributed by atoms with Crippen LogP contribution in [0.2, 0.25) is 0 Å². The Balaban J connectivity index is 1.81. The summed E-state index contributed by atoms with van der Waals surface area (Å²) in [5.41, 5.74) is 3.67. The van der Waals surface area contributed by atoms with Gasteiger partial charge in [-0.15, -0.1) is 0 Å². The number of nitrogens with zero attached hydrogens (tertiary/aromatic N) is 2. The molecular weight excluding hydrogens is 601 g/mol. The summed E-state index contributed by atoms with van der Waals surface area (Å²) in [6.07, 6.45) is 0.195. The van der Waals surface area contributed by atoms with Gasteiger partial charge in [-0.1, -0.05) is 86.1 Å². The zero-order valence-electron chi connectivity index (χ0n) is 27.0. The minimum absolute atomic E-state index is 0.0349. The highest BCUT2D eigenvalue weighted by Crippen LogP contribution is 2.27. The Morgan fingerprint density at radius 3 is 1.96 bits per heavy atom. The molecule has 0 aliphatic carbocycles. The van der Waals surface area contributed by atoms with Crippen LogP contribution in [0.3, 0.4) is 0 Å². The first kappa shape index (κ1) is 34.4. The summed E-state index contributed by atoms with van der Waals surface area (Å²) >= 11 is 0. The zero-order valence-corrected chi connectivity index (χ0v) is 27.8. The van der Waals surface area contributed by atoms with Gasteiger partial charge in [0.2, 0.25) is 11.8 Å². The van der Waals surface area contributed by atoms with Crippen LogP contribution in [0.15, 0.2) is 108 Å². The molecule has 0 unspecified atom stereocenters. The van der Waals surface area contributed by atoms with Gasteiger partial charge in [0.15, 0.2) is 0 Å². The van der Waals surface area contributed by atoms with Crippen molar-refractivity contribution in [1.29, 1.82) is 0 Å². The number of nitrogens with one attached hydrogen (secondary N) is 1. The SMILES string of the molecule is Cc1ccc(S(=O)(=O)N(CC(=O)N(Cc2ccc(F)cc2)[C@@H](Cc2ccccc2)C(=O)NC(C)C)c2ccc(C(C)C)cc2)cc1. The van der Waals surface area contributed by atoms with Gasteiger partial charge in [0, 0.05) is 19.0 Å². The number of hydrogen-bond donors (Lipinski definition) is 1. The summed E-state index contributed by atoms with van der Waals surface area (Å²) in [6, 6.07) is 27.4. The van der Waals surface area contributed by atoms with Crippen molar-refractivity contribution in [1.82, 2.24) is 10.2 Å². The minimum atomic E-state index is -4.20. The number of hydrogen-bond acceptors (Lipinski definition) is 4. The standard InChI is InChI=1S/C37H42FN3O4S/c1-26(2)31-15-19-33(20-16-31)41(46(44,45)34-21-11-28(5)12-22-34)25-36(42)40(24-30-13-17-32(38)18-14-30)35(37(43)39-27(3)4)23-29-9-7-6-8-10-29/h6-22,26-27,35H,23-25H2,1-5H3,(H,39,43)/t35-/m0/s1. The lowest BCUT2D eigenvalue weighted by atomic mass is 10.0. The fourth-order valence-corrected chi connectivity index (χ4v) is 6.53. The summed E-state index contributed by atoms with van der Waals surface area (Å²) in [7, 11) is -4.20. The van der Waals surface area contributed by atoms with Crippen molar-refractivity contribution in [3.05, 3.63) is 131 Å². The molecule has 0 bridgehead atoms. The van der Waals surface area contributed by atoms with Crippen LogP contribution in [0.4, 0.5) is 10.1 Å². The maximum atomic E-state index is 14.5. The molecule has 9 heteroatoms. The Morgan fingerprint density at radius 1 is 0.783 bits per heavy atom. The van der Waals surface area contributed by atoms with Gasteiger partial charge in [0.25, 0.3) is 10.0 Å². The van der Waals surface area contributed by atoms with Crippen LogP contribution in [0, 0.1) is 12.7 Å². The molecule has 4 rings (SSSR count). The molecule has 0 heterocycles. The number of benzene rings is 4. The van der Waals surface area contributed by atoms with Gasteiger partial charge < -0.3 is 10.2 Å². The third-order valence-corrected chi connectivity index (χ3v) is 9.49. The molecule has 1 atom stereocenters. The number of aryl methyl sites for hydroxylation is 1. The quantitative estimate of drug-likeness (QED) is 0.178. The smallest absolute Gasteiger partial charge is 0.264 e. The molecule has 0 aromatic heterocycles. The first-order chi connectivity index (χ1) is 21.8. The average molecular weight is 644 g/mol. The highest BCUT2D eigenvalue weighted by Gasteiger charge is 2.35. The molecule has 0 aliphatic rings. The number of anilines is 1. The van der Waals surface area contributed by atoms with E-state index in [1.54, 1.807) is 36.4 Å². The highest BCUT2D eigenvalue weighted by molar-refractivity contribution is 7.92. The van der Waals surface area contributed by atoms with Crippen LogP contribution >= 0.6 is 0 Å². The van der Waals surface area contributed by atoms with Gasteiger partial charge in [0.1, 0.15) is 18.4 Å². The Labute approximate surface area is 272 Å². The lowest BCUT2D eigenvalue weighted by Crippen LogP contribution is -2.54. The third kappa shape index (κ3) is 8.81. The first-order valence-electron chi connectivity index (χ1n) is 15.4. The average Bonchev–Trinajstić information content (AvgIpc) is 3.02. The van der Waals surface area contributed by atoms with E-state index in [2.05, 4.69) is 5.32 Å². The van der Waals surface area contributed by atoms with Crippen LogP contribution in [0.5, 0.6) is 0 Å². The van der Waals surface area contributed by atoms with E-state index in [0.717, 1.165) is 21.0 Å². The monoisotopic (exact) mass is 643 g/mol. The molecule has 4 aromatic rings. The summed E-state index contributed by atoms with van der Waals surface area (Å²) in [6.45, 7) is 9.03. The molecule has 0 saturated carbocycles. The van der Waals surface area contributed by atoms with Gasteiger partial charge in [0.05, 0.1) is 10.6 Å². The van der Waals surface area contributed by atoms with Crippen molar-refractivity contribution in [3.8, 4) is 0 Å². The molecule has 0 fully saturated rings. The Bertz CT molecular complexity index is 1710. The van der Waals surface area contributed by atoms with Gasteiger partial charge in [-0.2, -0.15) is 0 Å². The molecule has 1 N–H and O–H groups in total. The van der Waals surface area contributed by atoms with Crippen molar-refractivity contribution < 1.29 is 22.4 Å². The molecular formula is C37H42FN3O4S. The van der Waals surface area contributed by atoms with E-state index in [-0.39, 0.29) is 35.7 Å². The number of carbonyl (C=O) groups is 2. The molecule has 0 spiro atoms. The van der Waals surface area contributed by atoms with E-state index in [1.165, 1.54) is 29.2 Å². The van der Waals surface area contributed by atoms with Gasteiger partial charge >= 0.3 is 0 Å². The Hall–Kier alpha value is -4.50. The summed E-state index contributed by atoms with van der Waals surface area (Å²) in [4.78, 5) is 29.7. The van der Waals surface area contributed by atoms with Crippen LogP contribution in [-0.2, 0) is 32.6 Å². The second kappa shape index (κ2) is 15.2. The fraction of sp³-hybridized carbons (Fsp3) is 0.297. The minimum Gasteiger partial charge on any atom is -0.352 e. The topological polar surface area (TPSA) is 86.8 Å². The van der Waals surface area contributed by atoms with Crippen LogP contribution in [0.25, 0.3) is 0 Å². The van der Waals surface area contributed by atoms with E-state index < -0.39 is 34.3 Å². The van der Waals surface area contributed by atoms with E-state index in [1.807, 2.05) is 77.1 Å². The van der Waals surface area contributed by atoms with E-state index in [0.29, 0.717) is 11.3 Å². The van der Waals surface area contributed by atoms with Crippen molar-refractivity contribution in [3.63, 3.8) is 0 Å². The third-order valence-electron chi connectivity index (χ3n) is 7.70. The van der Waals surface area contributed by atoms with Crippen molar-refractivity contribution in [2.75, 3.05) is 10.8 Å². The predicted molar refractivity (Wildman–Crippen MR) is 180 cm³/mol. The number of sulfonamides is 1. The second-order valence-electron chi connectivity index (χ2n) is 12.1. The van der Waals surface area contributed by atoms with Crippen LogP contribution < -0.4 is 9.62 Å². The summed E-state index contributed by atoms with van der Waals surface area (Å²) in [5.74, 6) is -1.15. The number of amides is 2. The molecule has 0 aliphatic heterocycles. The lowest BCUT2D eigenvalue weighted by Gasteiger charge is -2.34. The molecule has 4 aromatic carbocycles. The number of halogens is 1. The van der Waals surface area contributed by atoms with Gasteiger partial charge in [-0.05, 0) is 79.8 Å². The van der Waals surface area contributed by atoms with E-state index >= 15 is 0 Å². The normalized spacial score (nSPS) is 12.2. The molecule has 7 nitrogen and oxygen atoms in total. The second-order valence-corrected chi connectivity index (χ2v) is 14.0. The number of carbonyl (C=O) groups excluding carboxylic acids is 2. The maximum Gasteiger partial charge on any atom is 0.264 e. The lowest BCUT2D eigenvalue weighted by molar-refractivity contribution is -0.140. The van der Waals surface area contributed by atoms with E-state index in [4.69, 9.17) is 0 Å². The Morgan fingerprint density at radius 2 is 1.39 bits per heavy atom. The first-order valence-corrected chi connectivity index (χ1v) is 16.9. The Kier molecular flexibility index (Phi) is 11.4. The molecule has 2 amide bonds. The van der Waals surface area contributed by atoms with Crippen LogP contribution in [-0.4, -0.2) is 43.8 Å². The fourth-order valence-electron chi connectivity index (χ4n) is 5.11. The maximum absolute atomic E-state index is 14.5. The van der Waals surface area contributed by atoms with Crippen molar-refractivity contribution in [2.45, 2.75) is 70.5 Å². The van der Waals surface area contributed by atoms with Crippen LogP contribution in [0.1, 0.15) is 55.9 Å². The van der Waals surface area contributed by atoms with Crippen molar-refractivity contribution >= 4 is 27.5 Å². The van der Waals surface area contributed by atoms with E-state index in [9.17, 15) is 22.4 Å². The largest absolute Gasteiger partial charge is 0.352 e.